The van der Waals surface area contributed by atoms with E-state index >= 15 is 0 Å². The molecule has 1 aliphatic heterocycles. The minimum Gasteiger partial charge on any atom is -0.481 e. The van der Waals surface area contributed by atoms with Crippen molar-refractivity contribution in [3.63, 3.8) is 0 Å². The Labute approximate surface area is 205 Å². The lowest BCUT2D eigenvalue weighted by atomic mass is 9.76. The second-order valence-corrected chi connectivity index (χ2v) is 10.1. The molecule has 2 aromatic rings. The molecule has 5 nitrogen and oxygen atoms in total. The van der Waals surface area contributed by atoms with E-state index < -0.39 is 23.5 Å². The largest absolute Gasteiger partial charge is 0.481 e. The van der Waals surface area contributed by atoms with Crippen LogP contribution in [0.15, 0.2) is 48.5 Å². The molecule has 1 aliphatic rings. The molecular weight excluding hydrogens is 461 g/mol. The third kappa shape index (κ3) is 6.08. The van der Waals surface area contributed by atoms with Gasteiger partial charge in [-0.3, -0.25) is 9.59 Å². The van der Waals surface area contributed by atoms with Crippen LogP contribution in [0.5, 0.6) is 0 Å². The fourth-order valence-electron chi connectivity index (χ4n) is 4.97. The highest BCUT2D eigenvalue weighted by Gasteiger charge is 2.45. The Morgan fingerprint density at radius 3 is 2.45 bits per heavy atom. The fraction of sp³-hybridized carbons (Fsp3) is 0.462. The molecule has 0 saturated carbocycles. The third-order valence-electron chi connectivity index (χ3n) is 6.72. The molecule has 1 heterocycles. The van der Waals surface area contributed by atoms with Gasteiger partial charge in [0.2, 0.25) is 5.91 Å². The van der Waals surface area contributed by atoms with Crippen LogP contribution in [0.1, 0.15) is 56.6 Å². The predicted octanol–water partition coefficient (Wildman–Crippen LogP) is 5.56. The van der Waals surface area contributed by atoms with E-state index in [2.05, 4.69) is 0 Å². The number of rotatable bonds is 9. The van der Waals surface area contributed by atoms with E-state index in [1.54, 1.807) is 17.9 Å². The van der Waals surface area contributed by atoms with Crippen LogP contribution in [0.3, 0.4) is 0 Å². The van der Waals surface area contributed by atoms with Crippen LogP contribution >= 0.6 is 23.2 Å². The quantitative estimate of drug-likeness (QED) is 0.480. The first kappa shape index (κ1) is 25.5. The Bertz CT molecular complexity index is 981. The van der Waals surface area contributed by atoms with Crippen molar-refractivity contribution in [2.24, 2.45) is 5.41 Å². The number of hydrogen-bond donors (Lipinski definition) is 2. The number of amides is 1. The smallest absolute Gasteiger partial charge is 0.304 e. The number of halogens is 2. The van der Waals surface area contributed by atoms with Gasteiger partial charge in [0.15, 0.2) is 0 Å². The average Bonchev–Trinajstić information content (AvgIpc) is 2.76. The normalized spacial score (nSPS) is 21.5. The minimum absolute atomic E-state index is 0.196. The molecule has 0 spiro atoms. The van der Waals surface area contributed by atoms with Crippen LogP contribution in [-0.2, 0) is 16.0 Å². The molecule has 178 valence electrons. The Kier molecular flexibility index (Phi) is 8.43. The summed E-state index contributed by atoms with van der Waals surface area (Å²) in [6.45, 7) is 4.17. The van der Waals surface area contributed by atoms with Gasteiger partial charge in [0.05, 0.1) is 24.0 Å². The maximum absolute atomic E-state index is 13.4. The molecule has 4 atom stereocenters. The maximum Gasteiger partial charge on any atom is 0.304 e. The zero-order chi connectivity index (χ0) is 24.2. The number of benzene rings is 2. The topological polar surface area (TPSA) is 77.8 Å². The molecule has 0 bridgehead atoms. The highest BCUT2D eigenvalue weighted by atomic mass is 35.5. The average molecular weight is 492 g/mol. The van der Waals surface area contributed by atoms with Crippen LogP contribution in [0.4, 0.5) is 0 Å². The van der Waals surface area contributed by atoms with E-state index in [1.807, 2.05) is 49.4 Å². The van der Waals surface area contributed by atoms with Gasteiger partial charge in [0.1, 0.15) is 0 Å². The lowest BCUT2D eigenvalue weighted by Gasteiger charge is -2.45. The van der Waals surface area contributed by atoms with Crippen LogP contribution in [-0.4, -0.2) is 45.7 Å². The molecule has 1 saturated heterocycles. The van der Waals surface area contributed by atoms with Crippen molar-refractivity contribution in [1.82, 2.24) is 4.90 Å². The van der Waals surface area contributed by atoms with Gasteiger partial charge in [-0.1, -0.05) is 61.3 Å². The molecule has 0 aliphatic carbocycles. The second-order valence-electron chi connectivity index (χ2n) is 9.19. The number of aliphatic carboxylic acids is 1. The number of hydrogen-bond acceptors (Lipinski definition) is 3. The van der Waals surface area contributed by atoms with E-state index in [9.17, 15) is 19.8 Å². The molecule has 0 aromatic heterocycles. The van der Waals surface area contributed by atoms with Crippen molar-refractivity contribution >= 4 is 35.1 Å². The first-order valence-corrected chi connectivity index (χ1v) is 12.1. The number of carboxylic acid groups (broad SMARTS) is 1. The summed E-state index contributed by atoms with van der Waals surface area (Å²) in [7, 11) is 0. The van der Waals surface area contributed by atoms with Gasteiger partial charge in [-0.15, -0.1) is 0 Å². The number of carbonyl (C=O) groups excluding carboxylic acids is 1. The summed E-state index contributed by atoms with van der Waals surface area (Å²) in [6, 6.07) is 14.5. The van der Waals surface area contributed by atoms with E-state index in [4.69, 9.17) is 23.2 Å². The first-order chi connectivity index (χ1) is 15.6. The summed E-state index contributed by atoms with van der Waals surface area (Å²) >= 11 is 12.3. The van der Waals surface area contributed by atoms with Crippen molar-refractivity contribution in [2.75, 3.05) is 6.54 Å². The fourth-order valence-corrected chi connectivity index (χ4v) is 5.30. The van der Waals surface area contributed by atoms with Crippen molar-refractivity contribution in [3.8, 4) is 0 Å². The van der Waals surface area contributed by atoms with E-state index in [1.165, 1.54) is 0 Å². The van der Waals surface area contributed by atoms with E-state index in [0.29, 0.717) is 42.3 Å². The molecule has 2 N–H and O–H groups in total. The maximum atomic E-state index is 13.4. The summed E-state index contributed by atoms with van der Waals surface area (Å²) in [5.74, 6) is -1.49. The minimum atomic E-state index is -0.985. The lowest BCUT2D eigenvalue weighted by molar-refractivity contribution is -0.157. The molecular formula is C26H31Cl2NO4. The number of carboxylic acids is 1. The third-order valence-corrected chi connectivity index (χ3v) is 7.20. The monoisotopic (exact) mass is 491 g/mol. The molecule has 1 fully saturated rings. The molecule has 2 aromatic carbocycles. The first-order valence-electron chi connectivity index (χ1n) is 11.4. The van der Waals surface area contributed by atoms with Gasteiger partial charge in [0, 0.05) is 22.5 Å². The number of aliphatic hydroxyl groups excluding tert-OH is 1. The van der Waals surface area contributed by atoms with Gasteiger partial charge in [-0.2, -0.15) is 0 Å². The number of piperidine rings is 1. The number of carbonyl (C=O) groups is 2. The molecule has 2 unspecified atom stereocenters. The van der Waals surface area contributed by atoms with Crippen LogP contribution < -0.4 is 0 Å². The Hall–Kier alpha value is -2.08. The standard InChI is InChI=1S/C26H31Cl2NO4/c1-3-22(29-13-5-12-26(2,25(29)33)16-23(30)31)24(32)21(18-6-4-7-20(28)15-18)14-17-8-10-19(27)11-9-17/h4,6-11,15,21-22,24,32H,3,5,12-14,16H2,1-2H3,(H,30,31)/t21-,22-,24?,26?/m1/s1. The zero-order valence-electron chi connectivity index (χ0n) is 19.0. The van der Waals surface area contributed by atoms with Gasteiger partial charge in [-0.25, -0.2) is 0 Å². The van der Waals surface area contributed by atoms with Crippen LogP contribution in [0, 0.1) is 5.41 Å². The highest BCUT2D eigenvalue weighted by molar-refractivity contribution is 6.30. The zero-order valence-corrected chi connectivity index (χ0v) is 20.5. The number of likely N-dealkylation sites (tertiary alicyclic amines) is 1. The molecule has 1 amide bonds. The van der Waals surface area contributed by atoms with Crippen LogP contribution in [0.25, 0.3) is 0 Å². The SMILES string of the molecule is CC[C@H](C(O)[C@H](Cc1ccc(Cl)cc1)c1cccc(Cl)c1)N1CCCC(C)(CC(=O)O)C1=O. The summed E-state index contributed by atoms with van der Waals surface area (Å²) < 4.78 is 0. The van der Waals surface area contributed by atoms with Crippen molar-refractivity contribution in [2.45, 2.75) is 64.0 Å². The summed E-state index contributed by atoms with van der Waals surface area (Å²) in [4.78, 5) is 26.5. The molecule has 0 radical (unpaired) electrons. The van der Waals surface area contributed by atoms with Gasteiger partial charge >= 0.3 is 5.97 Å². The van der Waals surface area contributed by atoms with Crippen molar-refractivity contribution in [3.05, 3.63) is 69.7 Å². The van der Waals surface area contributed by atoms with Gasteiger partial charge < -0.3 is 15.1 Å². The molecule has 33 heavy (non-hydrogen) atoms. The van der Waals surface area contributed by atoms with Crippen molar-refractivity contribution < 1.29 is 19.8 Å². The summed E-state index contributed by atoms with van der Waals surface area (Å²) in [6.07, 6.45) is 1.26. The highest BCUT2D eigenvalue weighted by Crippen LogP contribution is 2.38. The number of nitrogens with zero attached hydrogens (tertiary/aromatic N) is 1. The van der Waals surface area contributed by atoms with Crippen LogP contribution in [0.2, 0.25) is 10.0 Å². The van der Waals surface area contributed by atoms with Gasteiger partial charge in [0.25, 0.3) is 0 Å². The van der Waals surface area contributed by atoms with Gasteiger partial charge in [-0.05, 0) is 61.1 Å². The summed E-state index contributed by atoms with van der Waals surface area (Å²) in [5.41, 5.74) is 0.944. The van der Waals surface area contributed by atoms with E-state index in [0.717, 1.165) is 11.1 Å². The second kappa shape index (κ2) is 10.9. The predicted molar refractivity (Wildman–Crippen MR) is 131 cm³/mol. The Morgan fingerprint density at radius 2 is 1.85 bits per heavy atom. The van der Waals surface area contributed by atoms with Crippen molar-refractivity contribution in [1.29, 1.82) is 0 Å². The number of aliphatic hydroxyl groups is 1. The molecule has 3 rings (SSSR count). The van der Waals surface area contributed by atoms with E-state index in [-0.39, 0.29) is 18.2 Å². The molecule has 7 heteroatoms. The Balaban J connectivity index is 1.93. The summed E-state index contributed by atoms with van der Waals surface area (Å²) in [5, 5.41) is 22.2. The Morgan fingerprint density at radius 1 is 1.15 bits per heavy atom. The lowest BCUT2D eigenvalue weighted by Crippen LogP contribution is -2.56.